The van der Waals surface area contributed by atoms with Gasteiger partial charge in [-0.05, 0) is 19.4 Å². The number of hydrogen-bond acceptors (Lipinski definition) is 5. The van der Waals surface area contributed by atoms with E-state index in [1.165, 1.54) is 0 Å². The minimum atomic E-state index is -0.649. The molecule has 1 fully saturated rings. The summed E-state index contributed by atoms with van der Waals surface area (Å²) in [7, 11) is 0. The third-order valence-electron chi connectivity index (χ3n) is 2.31. The number of nitrogens with zero attached hydrogens (tertiary/aromatic N) is 2. The average Bonchev–Trinajstić information content (AvgIpc) is 2.68. The largest absolute Gasteiger partial charge is 0.363 e. The van der Waals surface area contributed by atoms with Gasteiger partial charge < -0.3 is 15.6 Å². The third kappa shape index (κ3) is 1.74. The molecule has 1 aliphatic rings. The van der Waals surface area contributed by atoms with Crippen molar-refractivity contribution >= 4 is 5.91 Å². The molecule has 0 aromatic carbocycles. The van der Waals surface area contributed by atoms with Gasteiger partial charge in [0.25, 0.3) is 11.7 Å². The fourth-order valence-corrected chi connectivity index (χ4v) is 1.56. The summed E-state index contributed by atoms with van der Waals surface area (Å²) in [5.41, 5.74) is 5.02. The molecule has 0 bridgehead atoms. The van der Waals surface area contributed by atoms with Crippen molar-refractivity contribution in [1.82, 2.24) is 15.5 Å². The van der Waals surface area contributed by atoms with E-state index in [-0.39, 0.29) is 11.7 Å². The van der Waals surface area contributed by atoms with Gasteiger partial charge in [0.05, 0.1) is 5.92 Å². The van der Waals surface area contributed by atoms with Crippen molar-refractivity contribution < 1.29 is 9.32 Å². The Kier molecular flexibility index (Phi) is 2.45. The van der Waals surface area contributed by atoms with Crippen molar-refractivity contribution in [2.75, 3.05) is 13.1 Å². The number of carbonyl (C=O) groups excluding carboxylic acids is 1. The highest BCUT2D eigenvalue weighted by molar-refractivity contribution is 5.88. The Bertz CT molecular complexity index is 330. The van der Waals surface area contributed by atoms with Crippen LogP contribution in [-0.4, -0.2) is 29.1 Å². The van der Waals surface area contributed by atoms with E-state index >= 15 is 0 Å². The van der Waals surface area contributed by atoms with Gasteiger partial charge in [0.2, 0.25) is 5.89 Å². The summed E-state index contributed by atoms with van der Waals surface area (Å²) >= 11 is 0. The van der Waals surface area contributed by atoms with E-state index in [1.807, 2.05) is 0 Å². The molecule has 2 rings (SSSR count). The molecule has 1 atom stereocenters. The van der Waals surface area contributed by atoms with Gasteiger partial charge in [-0.15, -0.1) is 0 Å². The van der Waals surface area contributed by atoms with Gasteiger partial charge in [0.1, 0.15) is 0 Å². The Morgan fingerprint density at radius 3 is 3.07 bits per heavy atom. The van der Waals surface area contributed by atoms with E-state index in [1.54, 1.807) is 0 Å². The second kappa shape index (κ2) is 3.75. The Morgan fingerprint density at radius 2 is 2.50 bits per heavy atom. The molecule has 1 aliphatic heterocycles. The van der Waals surface area contributed by atoms with Crippen molar-refractivity contribution in [2.45, 2.75) is 18.8 Å². The summed E-state index contributed by atoms with van der Waals surface area (Å²) in [6.07, 6.45) is 2.09. The first-order valence-electron chi connectivity index (χ1n) is 4.61. The Morgan fingerprint density at radius 1 is 1.64 bits per heavy atom. The van der Waals surface area contributed by atoms with Crippen molar-refractivity contribution in [3.63, 3.8) is 0 Å². The van der Waals surface area contributed by atoms with Gasteiger partial charge in [0.15, 0.2) is 0 Å². The summed E-state index contributed by atoms with van der Waals surface area (Å²) < 4.78 is 4.96. The fourth-order valence-electron chi connectivity index (χ4n) is 1.56. The highest BCUT2D eigenvalue weighted by Gasteiger charge is 2.22. The molecule has 6 heteroatoms. The number of carbonyl (C=O) groups is 1. The first-order valence-corrected chi connectivity index (χ1v) is 4.61. The molecule has 1 aromatic rings. The number of rotatable bonds is 2. The zero-order chi connectivity index (χ0) is 9.97. The predicted octanol–water partition coefficient (Wildman–Crippen LogP) is -0.365. The number of nitrogens with two attached hydrogens (primary N) is 1. The summed E-state index contributed by atoms with van der Waals surface area (Å²) in [6, 6.07) is 0. The topological polar surface area (TPSA) is 94.0 Å². The first-order chi connectivity index (χ1) is 6.77. The Labute approximate surface area is 80.9 Å². The zero-order valence-corrected chi connectivity index (χ0v) is 7.69. The molecule has 0 radical (unpaired) electrons. The number of amides is 1. The van der Waals surface area contributed by atoms with Crippen molar-refractivity contribution in [3.05, 3.63) is 11.7 Å². The second-order valence-electron chi connectivity index (χ2n) is 3.36. The van der Waals surface area contributed by atoms with Crippen molar-refractivity contribution in [1.29, 1.82) is 0 Å². The number of hydrogen-bond donors (Lipinski definition) is 2. The highest BCUT2D eigenvalue weighted by atomic mass is 16.5. The SMILES string of the molecule is NC(=O)c1noc([C@@H]2CCCNC2)n1. The zero-order valence-electron chi connectivity index (χ0n) is 7.69. The lowest BCUT2D eigenvalue weighted by atomic mass is 10.00. The van der Waals surface area contributed by atoms with E-state index in [9.17, 15) is 4.79 Å². The van der Waals surface area contributed by atoms with Crippen LogP contribution in [0.1, 0.15) is 35.3 Å². The molecule has 3 N–H and O–H groups in total. The summed E-state index contributed by atoms with van der Waals surface area (Å²) in [5.74, 6) is 0.0321. The number of nitrogens with one attached hydrogen (secondary N) is 1. The molecule has 1 aromatic heterocycles. The van der Waals surface area contributed by atoms with Crippen LogP contribution in [0.15, 0.2) is 4.52 Å². The normalized spacial score (nSPS) is 22.1. The molecular formula is C8H12N4O2. The minimum absolute atomic E-state index is 0.0365. The summed E-state index contributed by atoms with van der Waals surface area (Å²) in [6.45, 7) is 1.84. The first kappa shape index (κ1) is 9.14. The van der Waals surface area contributed by atoms with Crippen LogP contribution < -0.4 is 11.1 Å². The smallest absolute Gasteiger partial charge is 0.290 e. The predicted molar refractivity (Wildman–Crippen MR) is 47.7 cm³/mol. The van der Waals surface area contributed by atoms with E-state index in [0.717, 1.165) is 25.9 Å². The number of aromatic nitrogens is 2. The molecular weight excluding hydrogens is 184 g/mol. The van der Waals surface area contributed by atoms with Crippen LogP contribution in [0, 0.1) is 0 Å². The van der Waals surface area contributed by atoms with Gasteiger partial charge in [-0.2, -0.15) is 4.98 Å². The van der Waals surface area contributed by atoms with Crippen molar-refractivity contribution in [2.24, 2.45) is 5.73 Å². The van der Waals surface area contributed by atoms with Crippen LogP contribution in [0.3, 0.4) is 0 Å². The van der Waals surface area contributed by atoms with Crippen LogP contribution in [0.2, 0.25) is 0 Å². The third-order valence-corrected chi connectivity index (χ3v) is 2.31. The van der Waals surface area contributed by atoms with Gasteiger partial charge in [0, 0.05) is 6.54 Å². The number of primary amides is 1. The second-order valence-corrected chi connectivity index (χ2v) is 3.36. The van der Waals surface area contributed by atoms with Gasteiger partial charge in [-0.25, -0.2) is 0 Å². The van der Waals surface area contributed by atoms with Crippen LogP contribution in [-0.2, 0) is 0 Å². The van der Waals surface area contributed by atoms with E-state index in [2.05, 4.69) is 15.5 Å². The molecule has 0 spiro atoms. The molecule has 0 aliphatic carbocycles. The lowest BCUT2D eigenvalue weighted by Gasteiger charge is -2.18. The highest BCUT2D eigenvalue weighted by Crippen LogP contribution is 2.20. The van der Waals surface area contributed by atoms with E-state index in [0.29, 0.717) is 5.89 Å². The lowest BCUT2D eigenvalue weighted by molar-refractivity contribution is 0.0987. The molecule has 1 saturated heterocycles. The molecule has 0 saturated carbocycles. The molecule has 1 amide bonds. The van der Waals surface area contributed by atoms with E-state index < -0.39 is 5.91 Å². The quantitative estimate of drug-likeness (QED) is 0.673. The molecule has 2 heterocycles. The molecule has 6 nitrogen and oxygen atoms in total. The summed E-state index contributed by atoms with van der Waals surface area (Å²) in [4.78, 5) is 14.7. The minimum Gasteiger partial charge on any atom is -0.363 e. The van der Waals surface area contributed by atoms with Crippen molar-refractivity contribution in [3.8, 4) is 0 Å². The standard InChI is InChI=1S/C8H12N4O2/c9-6(13)7-11-8(14-12-7)5-2-1-3-10-4-5/h5,10H,1-4H2,(H2,9,13)/t5-/m1/s1. The maximum atomic E-state index is 10.7. The average molecular weight is 196 g/mol. The summed E-state index contributed by atoms with van der Waals surface area (Å²) in [5, 5.41) is 6.73. The van der Waals surface area contributed by atoms with Gasteiger partial charge >= 0.3 is 0 Å². The molecule has 14 heavy (non-hydrogen) atoms. The fraction of sp³-hybridized carbons (Fsp3) is 0.625. The van der Waals surface area contributed by atoms with Gasteiger partial charge in [-0.1, -0.05) is 5.16 Å². The Balaban J connectivity index is 2.11. The number of piperidine rings is 1. The molecule has 76 valence electrons. The van der Waals surface area contributed by atoms with Crippen LogP contribution in [0.25, 0.3) is 0 Å². The van der Waals surface area contributed by atoms with Gasteiger partial charge in [-0.3, -0.25) is 4.79 Å². The molecule has 0 unspecified atom stereocenters. The Hall–Kier alpha value is -1.43. The monoisotopic (exact) mass is 196 g/mol. The maximum absolute atomic E-state index is 10.7. The van der Waals surface area contributed by atoms with E-state index in [4.69, 9.17) is 10.3 Å². The van der Waals surface area contributed by atoms with Crippen LogP contribution >= 0.6 is 0 Å². The van der Waals surface area contributed by atoms with Crippen LogP contribution in [0.4, 0.5) is 0 Å². The maximum Gasteiger partial charge on any atom is 0.290 e. The van der Waals surface area contributed by atoms with Crippen LogP contribution in [0.5, 0.6) is 0 Å². The lowest BCUT2D eigenvalue weighted by Crippen LogP contribution is -2.28.